The number of nitrogens with one attached hydrogen (secondary N) is 1. The predicted molar refractivity (Wildman–Crippen MR) is 101 cm³/mol. The summed E-state index contributed by atoms with van der Waals surface area (Å²) in [5.74, 6) is -0.795. The number of amides is 3. The first kappa shape index (κ1) is 22.4. The molecule has 3 N–H and O–H groups in total. The molecule has 0 aliphatic rings. The van der Waals surface area contributed by atoms with Gasteiger partial charge in [-0.1, -0.05) is 18.2 Å². The third-order valence-corrected chi connectivity index (χ3v) is 3.00. The molecular formula is C19H28N3O5. The first-order valence-corrected chi connectivity index (χ1v) is 8.59. The molecule has 0 saturated carbocycles. The summed E-state index contributed by atoms with van der Waals surface area (Å²) in [4.78, 5) is 35.7. The third kappa shape index (κ3) is 9.05. The van der Waals surface area contributed by atoms with Gasteiger partial charge in [0, 0.05) is 5.69 Å². The number of nitrogens with zero attached hydrogens (tertiary/aromatic N) is 1. The standard InChI is InChI=1S/C19H28N3O5/c1-18(2,3)26-16(24)21-14-10-8-7-9-12(14)11-13(20)15(23)22-17(25)27-19(4,5)6/h7-10,13H,11,20H2,1-6H3,(H,21,24)/t13-/m0/s1. The Morgan fingerprint density at radius 3 is 2.15 bits per heavy atom. The maximum absolute atomic E-state index is 12.1. The topological polar surface area (TPSA) is 122 Å². The molecule has 0 aliphatic carbocycles. The second-order valence-electron chi connectivity index (χ2n) is 8.03. The Morgan fingerprint density at radius 2 is 1.59 bits per heavy atom. The van der Waals surface area contributed by atoms with Crippen LogP contribution in [0.5, 0.6) is 0 Å². The van der Waals surface area contributed by atoms with Crippen molar-refractivity contribution in [3.63, 3.8) is 0 Å². The number of ether oxygens (including phenoxy) is 2. The molecule has 27 heavy (non-hydrogen) atoms. The highest BCUT2D eigenvalue weighted by atomic mass is 16.6. The van der Waals surface area contributed by atoms with Crippen LogP contribution in [-0.2, 0) is 20.7 Å². The third-order valence-electron chi connectivity index (χ3n) is 3.00. The van der Waals surface area contributed by atoms with Crippen LogP contribution < -0.4 is 16.4 Å². The minimum Gasteiger partial charge on any atom is -0.444 e. The maximum atomic E-state index is 12.1. The molecule has 0 aliphatic heterocycles. The van der Waals surface area contributed by atoms with E-state index >= 15 is 0 Å². The van der Waals surface area contributed by atoms with E-state index in [-0.39, 0.29) is 6.42 Å². The summed E-state index contributed by atoms with van der Waals surface area (Å²) in [7, 11) is 0. The molecule has 8 nitrogen and oxygen atoms in total. The van der Waals surface area contributed by atoms with E-state index in [4.69, 9.17) is 15.2 Å². The van der Waals surface area contributed by atoms with Gasteiger partial charge in [-0.2, -0.15) is 0 Å². The van der Waals surface area contributed by atoms with Gasteiger partial charge in [0.25, 0.3) is 5.91 Å². The zero-order valence-electron chi connectivity index (χ0n) is 16.7. The molecule has 1 aromatic rings. The highest BCUT2D eigenvalue weighted by Gasteiger charge is 2.24. The minimum atomic E-state index is -1.06. The van der Waals surface area contributed by atoms with Crippen LogP contribution in [0.4, 0.5) is 15.3 Å². The highest BCUT2D eigenvalue weighted by Crippen LogP contribution is 2.18. The van der Waals surface area contributed by atoms with Crippen molar-refractivity contribution in [1.82, 2.24) is 5.32 Å². The van der Waals surface area contributed by atoms with Crippen LogP contribution >= 0.6 is 0 Å². The normalized spacial score (nSPS) is 12.7. The molecule has 1 aromatic carbocycles. The lowest BCUT2D eigenvalue weighted by Crippen LogP contribution is -2.42. The summed E-state index contributed by atoms with van der Waals surface area (Å²) in [5.41, 5.74) is 5.55. The summed E-state index contributed by atoms with van der Waals surface area (Å²) in [6.07, 6.45) is -1.52. The van der Waals surface area contributed by atoms with E-state index in [0.29, 0.717) is 11.3 Å². The molecule has 0 spiro atoms. The number of nitrogens with two attached hydrogens (primary N) is 1. The van der Waals surface area contributed by atoms with Gasteiger partial charge in [0.05, 0.1) is 6.04 Å². The first-order chi connectivity index (χ1) is 12.3. The van der Waals surface area contributed by atoms with Crippen molar-refractivity contribution in [1.29, 1.82) is 0 Å². The van der Waals surface area contributed by atoms with Crippen LogP contribution in [0.2, 0.25) is 0 Å². The van der Waals surface area contributed by atoms with E-state index in [9.17, 15) is 14.4 Å². The van der Waals surface area contributed by atoms with Gasteiger partial charge in [0.2, 0.25) is 0 Å². The first-order valence-electron chi connectivity index (χ1n) is 8.59. The zero-order valence-corrected chi connectivity index (χ0v) is 16.7. The average Bonchev–Trinajstić information content (AvgIpc) is 2.45. The average molecular weight is 378 g/mol. The van der Waals surface area contributed by atoms with Gasteiger partial charge >= 0.3 is 12.2 Å². The smallest absolute Gasteiger partial charge is 0.437 e. The molecule has 0 unspecified atom stereocenters. The lowest BCUT2D eigenvalue weighted by Gasteiger charge is -2.21. The molecule has 1 atom stereocenters. The van der Waals surface area contributed by atoms with Crippen LogP contribution in [0.25, 0.3) is 0 Å². The molecule has 149 valence electrons. The van der Waals surface area contributed by atoms with Gasteiger partial charge in [0.1, 0.15) is 11.2 Å². The number of benzene rings is 1. The summed E-state index contributed by atoms with van der Waals surface area (Å²) >= 11 is 0. The highest BCUT2D eigenvalue weighted by molar-refractivity contribution is 5.94. The number of carbonyl (C=O) groups excluding carboxylic acids is 3. The quantitative estimate of drug-likeness (QED) is 0.830. The van der Waals surface area contributed by atoms with Crippen LogP contribution in [0.1, 0.15) is 47.1 Å². The second kappa shape index (κ2) is 8.85. The molecule has 1 radical (unpaired) electrons. The van der Waals surface area contributed by atoms with Gasteiger partial charge in [-0.05, 0) is 59.6 Å². The van der Waals surface area contributed by atoms with E-state index in [2.05, 4.69) is 10.6 Å². The molecule has 0 bridgehead atoms. The van der Waals surface area contributed by atoms with Gasteiger partial charge < -0.3 is 15.2 Å². The van der Waals surface area contributed by atoms with Crippen LogP contribution in [0.15, 0.2) is 24.3 Å². The Labute approximate surface area is 159 Å². The van der Waals surface area contributed by atoms with E-state index in [1.54, 1.807) is 65.8 Å². The number of hydrogen-bond acceptors (Lipinski definition) is 6. The number of anilines is 1. The summed E-state index contributed by atoms with van der Waals surface area (Å²) in [6, 6.07) is 5.81. The number of hydrogen-bond donors (Lipinski definition) is 2. The van der Waals surface area contributed by atoms with Crippen LogP contribution in [0.3, 0.4) is 0 Å². The molecule has 3 amide bonds. The van der Waals surface area contributed by atoms with Gasteiger partial charge in [-0.3, -0.25) is 10.1 Å². The van der Waals surface area contributed by atoms with Crippen LogP contribution in [-0.4, -0.2) is 35.3 Å². The minimum absolute atomic E-state index is 0.0805. The molecule has 0 saturated heterocycles. The molecule has 1 rings (SSSR count). The second-order valence-corrected chi connectivity index (χ2v) is 8.03. The number of rotatable bonds is 4. The fraction of sp³-hybridized carbons (Fsp3) is 0.526. The van der Waals surface area contributed by atoms with E-state index in [1.807, 2.05) is 0 Å². The summed E-state index contributed by atoms with van der Waals surface area (Å²) < 4.78 is 10.2. The Kier molecular flexibility index (Phi) is 7.36. The van der Waals surface area contributed by atoms with E-state index in [1.165, 1.54) is 0 Å². The monoisotopic (exact) mass is 378 g/mol. The molecule has 0 heterocycles. The van der Waals surface area contributed by atoms with Crippen molar-refractivity contribution >= 4 is 23.8 Å². The Bertz CT molecular complexity index is 689. The van der Waals surface area contributed by atoms with Crippen molar-refractivity contribution in [3.05, 3.63) is 29.8 Å². The predicted octanol–water partition coefficient (Wildman–Crippen LogP) is 2.97. The van der Waals surface area contributed by atoms with Crippen molar-refractivity contribution in [2.75, 3.05) is 5.32 Å². The maximum Gasteiger partial charge on any atom is 0.437 e. The fourth-order valence-electron chi connectivity index (χ4n) is 2.02. The molecule has 0 aromatic heterocycles. The number of para-hydroxylation sites is 1. The van der Waals surface area contributed by atoms with Crippen molar-refractivity contribution in [2.45, 2.75) is 65.2 Å². The SMILES string of the molecule is CC(C)(C)OC(=O)[N]C(=O)[C@@H](N)Cc1ccccc1NC(=O)OC(C)(C)C. The lowest BCUT2D eigenvalue weighted by molar-refractivity contribution is -0.122. The molecule has 8 heteroatoms. The van der Waals surface area contributed by atoms with Gasteiger partial charge in [-0.15, -0.1) is 5.32 Å². The van der Waals surface area contributed by atoms with Gasteiger partial charge in [-0.25, -0.2) is 9.59 Å². The Morgan fingerprint density at radius 1 is 1.04 bits per heavy atom. The van der Waals surface area contributed by atoms with E-state index in [0.717, 1.165) is 0 Å². The van der Waals surface area contributed by atoms with Crippen LogP contribution in [0, 0.1) is 0 Å². The summed E-state index contributed by atoms with van der Waals surface area (Å²) in [6.45, 7) is 10.3. The fourth-order valence-corrected chi connectivity index (χ4v) is 2.02. The Hall–Kier alpha value is -2.61. The van der Waals surface area contributed by atoms with Crippen molar-refractivity contribution in [3.8, 4) is 0 Å². The van der Waals surface area contributed by atoms with Crippen molar-refractivity contribution in [2.24, 2.45) is 5.73 Å². The zero-order chi connectivity index (χ0) is 20.8. The Balaban J connectivity index is 2.74. The van der Waals surface area contributed by atoms with E-state index < -0.39 is 35.3 Å². The lowest BCUT2D eigenvalue weighted by atomic mass is 10.0. The molecule has 0 fully saturated rings. The summed E-state index contributed by atoms with van der Waals surface area (Å²) in [5, 5.41) is 5.99. The van der Waals surface area contributed by atoms with Gasteiger partial charge in [0.15, 0.2) is 0 Å². The number of carbonyl (C=O) groups is 3. The molecular weight excluding hydrogens is 350 g/mol. The van der Waals surface area contributed by atoms with Crippen molar-refractivity contribution < 1.29 is 23.9 Å². The number of imide groups is 1. The largest absolute Gasteiger partial charge is 0.444 e.